The van der Waals surface area contributed by atoms with Crippen LogP contribution < -0.4 is 10.2 Å². The highest BCUT2D eigenvalue weighted by Gasteiger charge is 2.23. The molecule has 0 saturated heterocycles. The second-order valence-corrected chi connectivity index (χ2v) is 5.99. The van der Waals surface area contributed by atoms with Gasteiger partial charge in [-0.05, 0) is 45.0 Å². The molecule has 21 heavy (non-hydrogen) atoms. The lowest BCUT2D eigenvalue weighted by Gasteiger charge is -2.35. The van der Waals surface area contributed by atoms with E-state index in [4.69, 9.17) is 0 Å². The third-order valence-electron chi connectivity index (χ3n) is 4.23. The molecule has 4 nitrogen and oxygen atoms in total. The summed E-state index contributed by atoms with van der Waals surface area (Å²) >= 11 is 0. The molecular weight excluding hydrogens is 260 g/mol. The third-order valence-corrected chi connectivity index (χ3v) is 4.23. The van der Waals surface area contributed by atoms with Crippen LogP contribution in [0, 0.1) is 0 Å². The maximum atomic E-state index is 4.68. The Kier molecular flexibility index (Phi) is 3.97. The zero-order valence-electron chi connectivity index (χ0n) is 13.1. The summed E-state index contributed by atoms with van der Waals surface area (Å²) < 4.78 is 2.03. The summed E-state index contributed by atoms with van der Waals surface area (Å²) in [6.07, 6.45) is 3.21. The Bertz CT molecular complexity index is 602. The van der Waals surface area contributed by atoms with Gasteiger partial charge in [0.2, 0.25) is 0 Å². The molecular formula is C17H24N4. The number of hydrogen-bond donors (Lipinski definition) is 1. The zero-order valence-corrected chi connectivity index (χ0v) is 13.1. The first-order chi connectivity index (χ1) is 10.2. The van der Waals surface area contributed by atoms with Crippen LogP contribution in [-0.2, 0) is 6.54 Å². The predicted molar refractivity (Wildman–Crippen MR) is 86.5 cm³/mol. The molecule has 1 aliphatic heterocycles. The van der Waals surface area contributed by atoms with Crippen molar-refractivity contribution in [2.24, 2.45) is 0 Å². The Balaban J connectivity index is 1.82. The molecule has 1 aromatic heterocycles. The van der Waals surface area contributed by atoms with Crippen LogP contribution in [0.2, 0.25) is 0 Å². The van der Waals surface area contributed by atoms with Crippen LogP contribution in [0.15, 0.2) is 36.5 Å². The van der Waals surface area contributed by atoms with Gasteiger partial charge >= 0.3 is 0 Å². The summed E-state index contributed by atoms with van der Waals surface area (Å²) in [6.45, 7) is 6.26. The lowest BCUT2D eigenvalue weighted by atomic mass is 9.96. The van der Waals surface area contributed by atoms with E-state index >= 15 is 0 Å². The molecule has 0 saturated carbocycles. The molecule has 0 amide bonds. The van der Waals surface area contributed by atoms with Gasteiger partial charge in [0.05, 0.1) is 12.2 Å². The molecule has 1 N–H and O–H groups in total. The van der Waals surface area contributed by atoms with Gasteiger partial charge in [0.1, 0.15) is 0 Å². The Labute approximate surface area is 126 Å². The fourth-order valence-electron chi connectivity index (χ4n) is 3.04. The molecule has 0 fully saturated rings. The number of para-hydroxylation sites is 1. The first-order valence-corrected chi connectivity index (χ1v) is 7.74. The molecule has 0 bridgehead atoms. The lowest BCUT2D eigenvalue weighted by molar-refractivity contribution is 0.505. The highest BCUT2D eigenvalue weighted by molar-refractivity contribution is 5.57. The van der Waals surface area contributed by atoms with E-state index < -0.39 is 0 Å². The molecule has 4 heteroatoms. The minimum absolute atomic E-state index is 0.418. The number of nitrogens with zero attached hydrogens (tertiary/aromatic N) is 3. The van der Waals surface area contributed by atoms with E-state index in [1.807, 2.05) is 11.7 Å². The minimum atomic E-state index is 0.418. The van der Waals surface area contributed by atoms with Crippen molar-refractivity contribution in [3.8, 4) is 0 Å². The fraction of sp³-hybridized carbons (Fsp3) is 0.471. The smallest absolute Gasteiger partial charge is 0.0817 e. The van der Waals surface area contributed by atoms with E-state index in [-0.39, 0.29) is 0 Å². The lowest BCUT2D eigenvalue weighted by Crippen LogP contribution is -2.34. The van der Waals surface area contributed by atoms with Gasteiger partial charge < -0.3 is 10.2 Å². The quantitative estimate of drug-likeness (QED) is 0.936. The van der Waals surface area contributed by atoms with Crippen LogP contribution in [-0.4, -0.2) is 23.4 Å². The molecule has 1 aromatic carbocycles. The van der Waals surface area contributed by atoms with Crippen molar-refractivity contribution in [2.75, 3.05) is 18.5 Å². The third kappa shape index (κ3) is 2.81. The summed E-state index contributed by atoms with van der Waals surface area (Å²) in [5.41, 5.74) is 3.87. The summed E-state index contributed by atoms with van der Waals surface area (Å²) in [5, 5.41) is 8.09. The summed E-state index contributed by atoms with van der Waals surface area (Å²) in [5.74, 6) is 0. The largest absolute Gasteiger partial charge is 0.365 e. The van der Waals surface area contributed by atoms with Gasteiger partial charge in [-0.3, -0.25) is 4.68 Å². The van der Waals surface area contributed by atoms with Gasteiger partial charge in [0.25, 0.3) is 0 Å². The Morgan fingerprint density at radius 2 is 2.10 bits per heavy atom. The van der Waals surface area contributed by atoms with E-state index in [9.17, 15) is 0 Å². The number of benzene rings is 1. The summed E-state index contributed by atoms with van der Waals surface area (Å²) in [7, 11) is 2.04. The molecule has 3 rings (SSSR count). The van der Waals surface area contributed by atoms with Gasteiger partial charge in [-0.1, -0.05) is 18.2 Å². The van der Waals surface area contributed by atoms with Crippen molar-refractivity contribution >= 4 is 5.69 Å². The van der Waals surface area contributed by atoms with Crippen LogP contribution >= 0.6 is 0 Å². The Morgan fingerprint density at radius 1 is 1.29 bits per heavy atom. The Morgan fingerprint density at radius 3 is 2.81 bits per heavy atom. The van der Waals surface area contributed by atoms with Crippen molar-refractivity contribution in [3.63, 3.8) is 0 Å². The van der Waals surface area contributed by atoms with E-state index in [1.165, 1.54) is 11.3 Å². The molecule has 2 aromatic rings. The van der Waals surface area contributed by atoms with E-state index in [0.717, 1.165) is 25.2 Å². The van der Waals surface area contributed by atoms with Crippen molar-refractivity contribution in [1.29, 1.82) is 0 Å². The van der Waals surface area contributed by atoms with Crippen LogP contribution in [0.1, 0.15) is 43.6 Å². The molecule has 112 valence electrons. The molecule has 1 atom stereocenters. The standard InChI is InChI=1S/C17H24N4/c1-13(2)21-11-8-14(19-21)12-20-10-9-16(18-3)15-6-4-5-7-17(15)20/h4-8,11,13,16,18H,9-10,12H2,1-3H3. The number of nitrogens with one attached hydrogen (secondary N) is 1. The van der Waals surface area contributed by atoms with Crippen LogP contribution in [0.4, 0.5) is 5.69 Å². The summed E-state index contributed by atoms with van der Waals surface area (Å²) in [4.78, 5) is 2.44. The monoisotopic (exact) mass is 284 g/mol. The minimum Gasteiger partial charge on any atom is -0.365 e. The second-order valence-electron chi connectivity index (χ2n) is 5.99. The van der Waals surface area contributed by atoms with Crippen molar-refractivity contribution in [2.45, 2.75) is 38.9 Å². The van der Waals surface area contributed by atoms with Gasteiger partial charge in [-0.15, -0.1) is 0 Å². The van der Waals surface area contributed by atoms with Gasteiger partial charge in [-0.25, -0.2) is 0 Å². The van der Waals surface area contributed by atoms with Crippen molar-refractivity contribution < 1.29 is 0 Å². The van der Waals surface area contributed by atoms with Crippen molar-refractivity contribution in [3.05, 3.63) is 47.8 Å². The number of fused-ring (bicyclic) bond motifs is 1. The molecule has 1 aliphatic rings. The first kappa shape index (κ1) is 14.1. The van der Waals surface area contributed by atoms with E-state index in [0.29, 0.717) is 12.1 Å². The molecule has 1 unspecified atom stereocenters. The van der Waals surface area contributed by atoms with E-state index in [1.54, 1.807) is 0 Å². The number of hydrogen-bond acceptors (Lipinski definition) is 3. The Hall–Kier alpha value is -1.81. The summed E-state index contributed by atoms with van der Waals surface area (Å²) in [6, 6.07) is 11.7. The predicted octanol–water partition coefficient (Wildman–Crippen LogP) is 3.13. The molecule has 2 heterocycles. The van der Waals surface area contributed by atoms with Crippen molar-refractivity contribution in [1.82, 2.24) is 15.1 Å². The molecule has 0 spiro atoms. The van der Waals surface area contributed by atoms with Gasteiger partial charge in [0, 0.05) is 30.5 Å². The van der Waals surface area contributed by atoms with Gasteiger partial charge in [-0.2, -0.15) is 5.10 Å². The zero-order chi connectivity index (χ0) is 14.8. The number of rotatable bonds is 4. The maximum absolute atomic E-state index is 4.68. The van der Waals surface area contributed by atoms with Crippen LogP contribution in [0.25, 0.3) is 0 Å². The average molecular weight is 284 g/mol. The topological polar surface area (TPSA) is 33.1 Å². The number of aromatic nitrogens is 2. The number of anilines is 1. The van der Waals surface area contributed by atoms with Crippen LogP contribution in [0.5, 0.6) is 0 Å². The first-order valence-electron chi connectivity index (χ1n) is 7.74. The SMILES string of the molecule is CNC1CCN(Cc2ccn(C(C)C)n2)c2ccccc21. The normalized spacial score (nSPS) is 18.1. The van der Waals surface area contributed by atoms with Gasteiger partial charge in [0.15, 0.2) is 0 Å². The highest BCUT2D eigenvalue weighted by Crippen LogP contribution is 2.34. The van der Waals surface area contributed by atoms with Crippen LogP contribution in [0.3, 0.4) is 0 Å². The molecule has 0 radical (unpaired) electrons. The second kappa shape index (κ2) is 5.90. The molecule has 0 aliphatic carbocycles. The highest BCUT2D eigenvalue weighted by atomic mass is 15.3. The maximum Gasteiger partial charge on any atom is 0.0817 e. The fourth-order valence-corrected chi connectivity index (χ4v) is 3.04. The van der Waals surface area contributed by atoms with E-state index in [2.05, 4.69) is 65.7 Å². The average Bonchev–Trinajstić information content (AvgIpc) is 2.96.